The molecule has 2 N–H and O–H groups in total. The Morgan fingerprint density at radius 1 is 1.17 bits per heavy atom. The van der Waals surface area contributed by atoms with E-state index in [1.54, 1.807) is 0 Å². The van der Waals surface area contributed by atoms with Crippen LogP contribution in [0.15, 0.2) is 0 Å². The van der Waals surface area contributed by atoms with Crippen molar-refractivity contribution >= 4 is 15.4 Å². The molecule has 0 aromatic rings. The first-order chi connectivity index (χ1) is 7.97. The van der Waals surface area contributed by atoms with E-state index in [-0.39, 0.29) is 6.61 Å². The van der Waals surface area contributed by atoms with E-state index in [2.05, 4.69) is 9.05 Å². The molecule has 1 unspecified atom stereocenters. The Balaban J connectivity index is 4.41. The van der Waals surface area contributed by atoms with Gasteiger partial charge >= 0.3 is 15.4 Å². The molecule has 0 saturated heterocycles. The normalized spacial score (nSPS) is 15.7. The van der Waals surface area contributed by atoms with Gasteiger partial charge in [0.2, 0.25) is 0 Å². The predicted molar refractivity (Wildman–Crippen MR) is 64.2 cm³/mol. The van der Waals surface area contributed by atoms with Crippen LogP contribution in [0.5, 0.6) is 0 Å². The van der Waals surface area contributed by atoms with Crippen LogP contribution in [0.4, 0.5) is 0 Å². The SMILES string of the molecule is COP(=O)(OC)OC(C)COC(C)(C)P(=O)(O)O. The molecule has 10 heteroatoms. The third-order valence-corrected chi connectivity index (χ3v) is 5.17. The molecule has 0 aliphatic heterocycles. The highest BCUT2D eigenvalue weighted by Crippen LogP contribution is 2.51. The van der Waals surface area contributed by atoms with Gasteiger partial charge in [-0.25, -0.2) is 4.57 Å². The zero-order chi connectivity index (χ0) is 14.6. The van der Waals surface area contributed by atoms with E-state index < -0.39 is 26.9 Å². The monoisotopic (exact) mass is 306 g/mol. The van der Waals surface area contributed by atoms with Crippen LogP contribution in [0, 0.1) is 0 Å². The average molecular weight is 306 g/mol. The second-order valence-corrected chi connectivity index (χ2v) is 8.03. The van der Waals surface area contributed by atoms with Crippen LogP contribution in [-0.4, -0.2) is 42.1 Å². The summed E-state index contributed by atoms with van der Waals surface area (Å²) in [7, 11) is -5.70. The highest BCUT2D eigenvalue weighted by molar-refractivity contribution is 7.53. The van der Waals surface area contributed by atoms with Crippen molar-refractivity contribution in [1.29, 1.82) is 0 Å². The summed E-state index contributed by atoms with van der Waals surface area (Å²) in [6, 6.07) is 0. The van der Waals surface area contributed by atoms with Crippen LogP contribution in [0.25, 0.3) is 0 Å². The molecule has 1 atom stereocenters. The number of hydrogen-bond donors (Lipinski definition) is 2. The number of hydrogen-bond acceptors (Lipinski definition) is 6. The summed E-state index contributed by atoms with van der Waals surface area (Å²) in [4.78, 5) is 18.0. The molecule has 0 fully saturated rings. The number of ether oxygens (including phenoxy) is 1. The van der Waals surface area contributed by atoms with Gasteiger partial charge in [-0.1, -0.05) is 0 Å². The van der Waals surface area contributed by atoms with E-state index in [9.17, 15) is 9.13 Å². The smallest absolute Gasteiger partial charge is 0.360 e. The molecule has 0 radical (unpaired) electrons. The van der Waals surface area contributed by atoms with Gasteiger partial charge in [-0.15, -0.1) is 0 Å². The molecule has 110 valence electrons. The van der Waals surface area contributed by atoms with Crippen LogP contribution in [0.3, 0.4) is 0 Å². The van der Waals surface area contributed by atoms with Gasteiger partial charge < -0.3 is 14.5 Å². The molecule has 0 heterocycles. The molecule has 0 spiro atoms. The largest absolute Gasteiger partial charge is 0.474 e. The van der Waals surface area contributed by atoms with Crippen LogP contribution in [-0.2, 0) is 27.4 Å². The molecular formula is C8H20O8P2. The molecule has 0 aliphatic rings. The van der Waals surface area contributed by atoms with E-state index in [1.807, 2.05) is 0 Å². The molecule has 0 aliphatic carbocycles. The van der Waals surface area contributed by atoms with Crippen LogP contribution >= 0.6 is 15.4 Å². The molecular weight excluding hydrogens is 286 g/mol. The van der Waals surface area contributed by atoms with Gasteiger partial charge in [0.05, 0.1) is 12.7 Å². The quantitative estimate of drug-likeness (QED) is 0.652. The minimum atomic E-state index is -4.40. The van der Waals surface area contributed by atoms with Crippen molar-refractivity contribution in [3.8, 4) is 0 Å². The highest BCUT2D eigenvalue weighted by Gasteiger charge is 2.39. The van der Waals surface area contributed by atoms with Crippen molar-refractivity contribution in [2.24, 2.45) is 0 Å². The fourth-order valence-corrected chi connectivity index (χ4v) is 1.88. The summed E-state index contributed by atoms with van der Waals surface area (Å²) in [5.74, 6) is 0. The van der Waals surface area contributed by atoms with Crippen LogP contribution in [0.1, 0.15) is 20.8 Å². The molecule has 0 amide bonds. The van der Waals surface area contributed by atoms with Gasteiger partial charge in [0.25, 0.3) is 0 Å². The van der Waals surface area contributed by atoms with Crippen molar-refractivity contribution < 1.29 is 37.2 Å². The zero-order valence-electron chi connectivity index (χ0n) is 11.0. The van der Waals surface area contributed by atoms with Crippen molar-refractivity contribution in [2.75, 3.05) is 20.8 Å². The zero-order valence-corrected chi connectivity index (χ0v) is 12.8. The van der Waals surface area contributed by atoms with Crippen molar-refractivity contribution in [2.45, 2.75) is 32.2 Å². The first-order valence-electron chi connectivity index (χ1n) is 5.07. The molecule has 0 bridgehead atoms. The minimum absolute atomic E-state index is 0.172. The van der Waals surface area contributed by atoms with Crippen molar-refractivity contribution in [1.82, 2.24) is 0 Å². The summed E-state index contributed by atoms with van der Waals surface area (Å²) < 4.78 is 41.9. The Labute approximate surface area is 106 Å². The maximum atomic E-state index is 11.6. The van der Waals surface area contributed by atoms with Crippen LogP contribution in [0.2, 0.25) is 0 Å². The van der Waals surface area contributed by atoms with E-state index in [0.717, 1.165) is 14.2 Å². The average Bonchev–Trinajstić information content (AvgIpc) is 2.25. The Morgan fingerprint density at radius 2 is 1.61 bits per heavy atom. The Hall–Kier alpha value is 0.220. The Kier molecular flexibility index (Phi) is 6.67. The Morgan fingerprint density at radius 3 is 1.94 bits per heavy atom. The lowest BCUT2D eigenvalue weighted by Gasteiger charge is -2.28. The van der Waals surface area contributed by atoms with Gasteiger partial charge in [-0.05, 0) is 20.8 Å². The van der Waals surface area contributed by atoms with Gasteiger partial charge in [0.1, 0.15) is 0 Å². The van der Waals surface area contributed by atoms with Crippen molar-refractivity contribution in [3.63, 3.8) is 0 Å². The summed E-state index contributed by atoms with van der Waals surface area (Å²) in [6.07, 6.45) is -0.721. The standard InChI is InChI=1S/C8H20O8P2/c1-7(16-18(12,13-4)14-5)6-15-8(2,3)17(9,10)11/h7H,6H2,1-5H3,(H2,9,10,11). The maximum absolute atomic E-state index is 11.6. The fraction of sp³-hybridized carbons (Fsp3) is 1.00. The third kappa shape index (κ3) is 5.47. The lowest BCUT2D eigenvalue weighted by molar-refractivity contribution is -0.0234. The predicted octanol–water partition coefficient (Wildman–Crippen LogP) is 1.72. The van der Waals surface area contributed by atoms with Crippen LogP contribution < -0.4 is 0 Å². The molecule has 0 aromatic heterocycles. The number of rotatable bonds is 8. The highest BCUT2D eigenvalue weighted by atomic mass is 31.2. The lowest BCUT2D eigenvalue weighted by atomic mass is 10.4. The van der Waals surface area contributed by atoms with Gasteiger partial charge in [0, 0.05) is 14.2 Å². The third-order valence-electron chi connectivity index (χ3n) is 2.13. The Bertz CT molecular complexity index is 341. The molecule has 0 aromatic carbocycles. The second-order valence-electron chi connectivity index (χ2n) is 4.03. The first kappa shape index (κ1) is 18.2. The van der Waals surface area contributed by atoms with E-state index in [0.29, 0.717) is 0 Å². The molecule has 18 heavy (non-hydrogen) atoms. The molecule has 8 nitrogen and oxygen atoms in total. The summed E-state index contributed by atoms with van der Waals surface area (Å²) >= 11 is 0. The van der Waals surface area contributed by atoms with E-state index in [1.165, 1.54) is 20.8 Å². The molecule has 0 rings (SSSR count). The second kappa shape index (κ2) is 6.59. The summed E-state index contributed by atoms with van der Waals surface area (Å²) in [6.45, 7) is 3.86. The number of phosphoric ester groups is 1. The van der Waals surface area contributed by atoms with Gasteiger partial charge in [0.15, 0.2) is 5.34 Å². The van der Waals surface area contributed by atoms with Gasteiger partial charge in [-0.3, -0.25) is 18.1 Å². The topological polar surface area (TPSA) is 112 Å². The first-order valence-corrected chi connectivity index (χ1v) is 8.14. The molecule has 0 saturated carbocycles. The minimum Gasteiger partial charge on any atom is -0.360 e. The summed E-state index contributed by atoms with van der Waals surface area (Å²) in [5.41, 5.74) is 0. The number of phosphoric acid groups is 1. The van der Waals surface area contributed by atoms with Crippen molar-refractivity contribution in [3.05, 3.63) is 0 Å². The lowest BCUT2D eigenvalue weighted by Crippen LogP contribution is -2.29. The van der Waals surface area contributed by atoms with Gasteiger partial charge in [-0.2, -0.15) is 0 Å². The van der Waals surface area contributed by atoms with E-state index in [4.69, 9.17) is 19.0 Å². The summed E-state index contributed by atoms with van der Waals surface area (Å²) in [5, 5.41) is -1.64. The van der Waals surface area contributed by atoms with E-state index >= 15 is 0 Å². The fourth-order valence-electron chi connectivity index (χ4n) is 0.817. The maximum Gasteiger partial charge on any atom is 0.474 e.